The number of nitrogens with one attached hydrogen (secondary N) is 1. The molecule has 0 saturated heterocycles. The SMILES string of the molecule is CC(C)(C)OC(=O)N[C@H](CO)Cc1ccc(C(=O)c2ccccc2)cc1. The van der Waals surface area contributed by atoms with Gasteiger partial charge in [0.2, 0.25) is 0 Å². The Hall–Kier alpha value is -2.66. The number of hydrogen-bond acceptors (Lipinski definition) is 4. The summed E-state index contributed by atoms with van der Waals surface area (Å²) in [6.45, 7) is 5.14. The van der Waals surface area contributed by atoms with Crippen LogP contribution in [0.25, 0.3) is 0 Å². The fourth-order valence-corrected chi connectivity index (χ4v) is 2.47. The molecule has 26 heavy (non-hydrogen) atoms. The van der Waals surface area contributed by atoms with Crippen LogP contribution in [0.4, 0.5) is 4.79 Å². The van der Waals surface area contributed by atoms with E-state index in [4.69, 9.17) is 4.74 Å². The number of carbonyl (C=O) groups excluding carboxylic acids is 2. The molecule has 0 spiro atoms. The van der Waals surface area contributed by atoms with Gasteiger partial charge in [0.15, 0.2) is 5.78 Å². The van der Waals surface area contributed by atoms with Crippen molar-refractivity contribution in [1.29, 1.82) is 0 Å². The maximum Gasteiger partial charge on any atom is 0.407 e. The van der Waals surface area contributed by atoms with Crippen LogP contribution in [-0.2, 0) is 11.2 Å². The molecule has 2 N–H and O–H groups in total. The number of benzene rings is 2. The number of ketones is 1. The highest BCUT2D eigenvalue weighted by atomic mass is 16.6. The van der Waals surface area contributed by atoms with Crippen molar-refractivity contribution in [2.75, 3.05) is 6.61 Å². The molecule has 1 atom stereocenters. The Balaban J connectivity index is 1.99. The molecule has 5 heteroatoms. The molecule has 1 amide bonds. The molecule has 5 nitrogen and oxygen atoms in total. The van der Waals surface area contributed by atoms with Gasteiger partial charge in [-0.15, -0.1) is 0 Å². The molecule has 0 unspecified atom stereocenters. The minimum Gasteiger partial charge on any atom is -0.444 e. The van der Waals surface area contributed by atoms with E-state index >= 15 is 0 Å². The van der Waals surface area contributed by atoms with E-state index in [1.807, 2.05) is 30.3 Å². The molecule has 2 rings (SSSR count). The molecule has 0 heterocycles. The van der Waals surface area contributed by atoms with Crippen molar-refractivity contribution < 1.29 is 19.4 Å². The second-order valence-electron chi connectivity index (χ2n) is 7.12. The molecule has 0 fully saturated rings. The zero-order valence-electron chi connectivity index (χ0n) is 15.4. The molecule has 0 radical (unpaired) electrons. The van der Waals surface area contributed by atoms with Gasteiger partial charge >= 0.3 is 6.09 Å². The number of amides is 1. The van der Waals surface area contributed by atoms with Crippen molar-refractivity contribution >= 4 is 11.9 Å². The molecule has 138 valence electrons. The smallest absolute Gasteiger partial charge is 0.407 e. The fourth-order valence-electron chi connectivity index (χ4n) is 2.47. The number of rotatable bonds is 6. The van der Waals surface area contributed by atoms with Gasteiger partial charge in [-0.1, -0.05) is 54.6 Å². The van der Waals surface area contributed by atoms with Crippen LogP contribution in [0.5, 0.6) is 0 Å². The third-order valence-electron chi connectivity index (χ3n) is 3.68. The fraction of sp³-hybridized carbons (Fsp3) is 0.333. The van der Waals surface area contributed by atoms with Crippen LogP contribution in [0.1, 0.15) is 42.3 Å². The summed E-state index contributed by atoms with van der Waals surface area (Å²) in [6, 6.07) is 15.8. The third kappa shape index (κ3) is 6.01. The summed E-state index contributed by atoms with van der Waals surface area (Å²) in [5.41, 5.74) is 1.55. The summed E-state index contributed by atoms with van der Waals surface area (Å²) in [6.07, 6.45) is -0.123. The van der Waals surface area contributed by atoms with E-state index in [1.165, 1.54) is 0 Å². The molecule has 2 aromatic rings. The molecular weight excluding hydrogens is 330 g/mol. The monoisotopic (exact) mass is 355 g/mol. The lowest BCUT2D eigenvalue weighted by atomic mass is 10.00. The average Bonchev–Trinajstić information content (AvgIpc) is 2.60. The second kappa shape index (κ2) is 8.63. The number of alkyl carbamates (subject to hydrolysis) is 1. The molecule has 0 aliphatic rings. The zero-order valence-corrected chi connectivity index (χ0v) is 15.4. The van der Waals surface area contributed by atoms with Gasteiger partial charge in [0, 0.05) is 11.1 Å². The predicted molar refractivity (Wildman–Crippen MR) is 100 cm³/mol. The molecular formula is C21H25NO4. The molecule has 0 aliphatic carbocycles. The van der Waals surface area contributed by atoms with Crippen LogP contribution in [-0.4, -0.2) is 35.2 Å². The van der Waals surface area contributed by atoms with Gasteiger partial charge in [-0.25, -0.2) is 4.79 Å². The Kier molecular flexibility index (Phi) is 6.52. The summed E-state index contributed by atoms with van der Waals surface area (Å²) in [4.78, 5) is 24.2. The summed E-state index contributed by atoms with van der Waals surface area (Å²) in [5, 5.41) is 12.2. The summed E-state index contributed by atoms with van der Waals surface area (Å²) in [7, 11) is 0. The lowest BCUT2D eigenvalue weighted by molar-refractivity contribution is 0.0482. The highest BCUT2D eigenvalue weighted by molar-refractivity contribution is 6.08. The minimum absolute atomic E-state index is 0.0391. The number of hydrogen-bond donors (Lipinski definition) is 2. The number of ether oxygens (including phenoxy) is 1. The standard InChI is InChI=1S/C21H25NO4/c1-21(2,3)26-20(25)22-18(14-23)13-15-9-11-17(12-10-15)19(24)16-7-5-4-6-8-16/h4-12,18,23H,13-14H2,1-3H3,(H,22,25)/t18-/m0/s1. The van der Waals surface area contributed by atoms with Gasteiger partial charge in [0.25, 0.3) is 0 Å². The molecule has 0 saturated carbocycles. The van der Waals surface area contributed by atoms with Crippen molar-refractivity contribution in [3.05, 3.63) is 71.3 Å². The summed E-state index contributed by atoms with van der Waals surface area (Å²) < 4.78 is 5.20. The predicted octanol–water partition coefficient (Wildman–Crippen LogP) is 3.35. The first-order valence-electron chi connectivity index (χ1n) is 8.57. The van der Waals surface area contributed by atoms with E-state index in [2.05, 4.69) is 5.32 Å². The Labute approximate surface area is 154 Å². The lowest BCUT2D eigenvalue weighted by Crippen LogP contribution is -2.42. The Bertz CT molecular complexity index is 733. The molecule has 2 aromatic carbocycles. The van der Waals surface area contributed by atoms with E-state index in [0.717, 1.165) is 5.56 Å². The van der Waals surface area contributed by atoms with E-state index < -0.39 is 17.7 Å². The zero-order chi connectivity index (χ0) is 19.2. The summed E-state index contributed by atoms with van der Waals surface area (Å²) in [5.74, 6) is -0.0391. The van der Waals surface area contributed by atoms with Crippen LogP contribution in [0, 0.1) is 0 Å². The van der Waals surface area contributed by atoms with E-state index in [1.54, 1.807) is 45.0 Å². The molecule has 0 aromatic heterocycles. The van der Waals surface area contributed by atoms with Crippen LogP contribution in [0.3, 0.4) is 0 Å². The van der Waals surface area contributed by atoms with Crippen LogP contribution < -0.4 is 5.32 Å². The van der Waals surface area contributed by atoms with Crippen molar-refractivity contribution in [2.24, 2.45) is 0 Å². The molecule has 0 bridgehead atoms. The normalized spacial score (nSPS) is 12.3. The lowest BCUT2D eigenvalue weighted by Gasteiger charge is -2.22. The highest BCUT2D eigenvalue weighted by Gasteiger charge is 2.19. The van der Waals surface area contributed by atoms with Crippen molar-refractivity contribution in [2.45, 2.75) is 38.8 Å². The Morgan fingerprint density at radius 3 is 2.12 bits per heavy atom. The average molecular weight is 355 g/mol. The van der Waals surface area contributed by atoms with Gasteiger partial charge in [-0.2, -0.15) is 0 Å². The van der Waals surface area contributed by atoms with Crippen molar-refractivity contribution in [3.63, 3.8) is 0 Å². The van der Waals surface area contributed by atoms with Crippen LogP contribution in [0.15, 0.2) is 54.6 Å². The highest BCUT2D eigenvalue weighted by Crippen LogP contribution is 2.13. The van der Waals surface area contributed by atoms with Crippen molar-refractivity contribution in [1.82, 2.24) is 5.32 Å². The largest absolute Gasteiger partial charge is 0.444 e. The maximum atomic E-state index is 12.4. The van der Waals surface area contributed by atoms with E-state index in [9.17, 15) is 14.7 Å². The van der Waals surface area contributed by atoms with Crippen LogP contribution >= 0.6 is 0 Å². The maximum absolute atomic E-state index is 12.4. The van der Waals surface area contributed by atoms with Crippen LogP contribution in [0.2, 0.25) is 0 Å². The number of carbonyl (C=O) groups is 2. The first-order chi connectivity index (χ1) is 12.3. The van der Waals surface area contributed by atoms with Gasteiger partial charge in [0.1, 0.15) is 5.60 Å². The number of aliphatic hydroxyl groups excluding tert-OH is 1. The minimum atomic E-state index is -0.594. The Morgan fingerprint density at radius 1 is 1.00 bits per heavy atom. The van der Waals surface area contributed by atoms with E-state index in [-0.39, 0.29) is 12.4 Å². The van der Waals surface area contributed by atoms with Gasteiger partial charge in [-0.3, -0.25) is 4.79 Å². The third-order valence-corrected chi connectivity index (χ3v) is 3.68. The second-order valence-corrected chi connectivity index (χ2v) is 7.12. The Morgan fingerprint density at radius 2 is 1.58 bits per heavy atom. The van der Waals surface area contributed by atoms with Crippen molar-refractivity contribution in [3.8, 4) is 0 Å². The van der Waals surface area contributed by atoms with Gasteiger partial charge in [0.05, 0.1) is 12.6 Å². The first-order valence-corrected chi connectivity index (χ1v) is 8.57. The topological polar surface area (TPSA) is 75.6 Å². The molecule has 0 aliphatic heterocycles. The quantitative estimate of drug-likeness (QED) is 0.779. The van der Waals surface area contributed by atoms with E-state index in [0.29, 0.717) is 17.5 Å². The first kappa shape index (κ1) is 19.7. The summed E-state index contributed by atoms with van der Waals surface area (Å²) >= 11 is 0. The van der Waals surface area contributed by atoms with Gasteiger partial charge < -0.3 is 15.2 Å². The van der Waals surface area contributed by atoms with Gasteiger partial charge in [-0.05, 0) is 32.8 Å². The number of aliphatic hydroxyl groups is 1.